The van der Waals surface area contributed by atoms with Gasteiger partial charge in [-0.15, -0.1) is 0 Å². The molecule has 1 saturated heterocycles. The van der Waals surface area contributed by atoms with Crippen LogP contribution in [-0.4, -0.2) is 41.9 Å². The highest BCUT2D eigenvalue weighted by molar-refractivity contribution is 5.78. The zero-order valence-electron chi connectivity index (χ0n) is 14.0. The number of aryl methyl sites for hydroxylation is 1. The molecule has 0 spiro atoms. The lowest BCUT2D eigenvalue weighted by molar-refractivity contribution is -0.132. The van der Waals surface area contributed by atoms with Gasteiger partial charge in [-0.3, -0.25) is 9.69 Å². The highest BCUT2D eigenvalue weighted by atomic mass is 19.1. The van der Waals surface area contributed by atoms with Gasteiger partial charge in [0, 0.05) is 38.3 Å². The van der Waals surface area contributed by atoms with Crippen LogP contribution in [0.25, 0.3) is 0 Å². The van der Waals surface area contributed by atoms with Crippen LogP contribution in [0.5, 0.6) is 0 Å². The molecule has 3 rings (SSSR count). The number of benzene rings is 2. The van der Waals surface area contributed by atoms with Crippen molar-refractivity contribution in [1.82, 2.24) is 9.80 Å². The maximum absolute atomic E-state index is 13.7. The first-order chi connectivity index (χ1) is 11.6. The predicted octanol–water partition coefficient (Wildman–Crippen LogP) is 3.02. The third kappa shape index (κ3) is 4.20. The number of piperazine rings is 1. The second kappa shape index (κ2) is 7.58. The fourth-order valence-electron chi connectivity index (χ4n) is 3.02. The highest BCUT2D eigenvalue weighted by Gasteiger charge is 2.21. The first-order valence-corrected chi connectivity index (χ1v) is 8.41. The van der Waals surface area contributed by atoms with Crippen molar-refractivity contribution in [2.75, 3.05) is 26.2 Å². The van der Waals surface area contributed by atoms with Gasteiger partial charge in [-0.05, 0) is 18.6 Å². The maximum Gasteiger partial charge on any atom is 0.227 e. The van der Waals surface area contributed by atoms with Gasteiger partial charge in [-0.2, -0.15) is 0 Å². The Morgan fingerprint density at radius 1 is 1.00 bits per heavy atom. The van der Waals surface area contributed by atoms with Gasteiger partial charge in [0.25, 0.3) is 0 Å². The lowest BCUT2D eigenvalue weighted by Gasteiger charge is -2.35. The Morgan fingerprint density at radius 3 is 2.33 bits per heavy atom. The minimum Gasteiger partial charge on any atom is -0.340 e. The minimum absolute atomic E-state index is 0.157. The maximum atomic E-state index is 13.7. The molecule has 2 aromatic rings. The molecule has 1 amide bonds. The number of hydrogen-bond acceptors (Lipinski definition) is 2. The monoisotopic (exact) mass is 326 g/mol. The van der Waals surface area contributed by atoms with Crippen molar-refractivity contribution >= 4 is 5.91 Å². The van der Waals surface area contributed by atoms with Gasteiger partial charge in [0.05, 0.1) is 6.42 Å². The summed E-state index contributed by atoms with van der Waals surface area (Å²) in [6, 6.07) is 15.0. The zero-order chi connectivity index (χ0) is 16.9. The van der Waals surface area contributed by atoms with Gasteiger partial charge in [-0.25, -0.2) is 4.39 Å². The quantitative estimate of drug-likeness (QED) is 0.862. The average molecular weight is 326 g/mol. The molecule has 0 bridgehead atoms. The summed E-state index contributed by atoms with van der Waals surface area (Å²) in [6.45, 7) is 5.63. The van der Waals surface area contributed by atoms with E-state index in [0.717, 1.165) is 24.2 Å². The van der Waals surface area contributed by atoms with Crippen LogP contribution in [0.15, 0.2) is 48.5 Å². The van der Waals surface area contributed by atoms with E-state index in [0.29, 0.717) is 26.1 Å². The molecule has 0 saturated carbocycles. The molecular weight excluding hydrogens is 303 g/mol. The van der Waals surface area contributed by atoms with E-state index >= 15 is 0 Å². The van der Waals surface area contributed by atoms with Crippen molar-refractivity contribution in [1.29, 1.82) is 0 Å². The lowest BCUT2D eigenvalue weighted by Crippen LogP contribution is -2.48. The summed E-state index contributed by atoms with van der Waals surface area (Å²) in [6.07, 6.45) is 0.452. The Morgan fingerprint density at radius 2 is 1.67 bits per heavy atom. The molecule has 0 atom stereocenters. The van der Waals surface area contributed by atoms with E-state index in [1.165, 1.54) is 11.6 Å². The third-order valence-electron chi connectivity index (χ3n) is 4.55. The summed E-state index contributed by atoms with van der Waals surface area (Å²) in [5, 5.41) is 0. The molecule has 24 heavy (non-hydrogen) atoms. The molecule has 0 aliphatic carbocycles. The summed E-state index contributed by atoms with van der Waals surface area (Å²) in [5.74, 6) is 0.0137. The first kappa shape index (κ1) is 16.7. The smallest absolute Gasteiger partial charge is 0.227 e. The van der Waals surface area contributed by atoms with Gasteiger partial charge in [0.2, 0.25) is 5.91 Å². The van der Waals surface area contributed by atoms with Crippen LogP contribution in [0, 0.1) is 12.7 Å². The zero-order valence-corrected chi connectivity index (χ0v) is 14.0. The van der Waals surface area contributed by atoms with Gasteiger partial charge in [-0.1, -0.05) is 48.0 Å². The largest absolute Gasteiger partial charge is 0.340 e. The molecular formula is C20H23FN2O. The van der Waals surface area contributed by atoms with Crippen LogP contribution in [0.4, 0.5) is 4.39 Å². The summed E-state index contributed by atoms with van der Waals surface area (Å²) < 4.78 is 13.7. The summed E-state index contributed by atoms with van der Waals surface area (Å²) in [5.41, 5.74) is 2.98. The fourth-order valence-corrected chi connectivity index (χ4v) is 3.02. The Kier molecular flexibility index (Phi) is 5.26. The number of hydrogen-bond donors (Lipinski definition) is 0. The molecule has 2 aromatic carbocycles. The second-order valence-electron chi connectivity index (χ2n) is 6.41. The molecule has 1 aliphatic heterocycles. The van der Waals surface area contributed by atoms with Gasteiger partial charge in [0.1, 0.15) is 5.82 Å². The van der Waals surface area contributed by atoms with Crippen LogP contribution in [0.2, 0.25) is 0 Å². The van der Waals surface area contributed by atoms with Gasteiger partial charge in [0.15, 0.2) is 0 Å². The molecule has 0 N–H and O–H groups in total. The van der Waals surface area contributed by atoms with E-state index in [1.807, 2.05) is 48.2 Å². The van der Waals surface area contributed by atoms with Crippen LogP contribution in [0.1, 0.15) is 16.7 Å². The number of nitrogens with zero attached hydrogens (tertiary/aromatic N) is 2. The molecule has 1 fully saturated rings. The number of amides is 1. The van der Waals surface area contributed by atoms with Crippen molar-refractivity contribution in [3.63, 3.8) is 0 Å². The number of halogens is 1. The predicted molar refractivity (Wildman–Crippen MR) is 93.1 cm³/mol. The third-order valence-corrected chi connectivity index (χ3v) is 4.55. The summed E-state index contributed by atoms with van der Waals surface area (Å²) >= 11 is 0. The molecule has 0 radical (unpaired) electrons. The number of carbonyl (C=O) groups is 1. The molecule has 0 aromatic heterocycles. The van der Waals surface area contributed by atoms with Crippen molar-refractivity contribution < 1.29 is 9.18 Å². The standard InChI is InChI=1S/C20H23FN2O/c1-16-6-8-17(9-7-16)14-20(24)23-12-10-22(11-13-23)15-18-4-2-3-5-19(18)21/h2-9H,10-15H2,1H3. The minimum atomic E-state index is -0.157. The molecule has 1 aliphatic rings. The number of carbonyl (C=O) groups excluding carboxylic acids is 1. The summed E-state index contributed by atoms with van der Waals surface area (Å²) in [4.78, 5) is 16.5. The van der Waals surface area contributed by atoms with Gasteiger partial charge < -0.3 is 4.90 Å². The van der Waals surface area contributed by atoms with Gasteiger partial charge >= 0.3 is 0 Å². The molecule has 126 valence electrons. The van der Waals surface area contributed by atoms with Crippen molar-refractivity contribution in [3.8, 4) is 0 Å². The van der Waals surface area contributed by atoms with Crippen LogP contribution >= 0.6 is 0 Å². The Bertz CT molecular complexity index is 691. The van der Waals surface area contributed by atoms with E-state index in [2.05, 4.69) is 4.90 Å². The second-order valence-corrected chi connectivity index (χ2v) is 6.41. The van der Waals surface area contributed by atoms with E-state index in [-0.39, 0.29) is 11.7 Å². The van der Waals surface area contributed by atoms with Crippen molar-refractivity contribution in [2.45, 2.75) is 19.9 Å². The lowest BCUT2D eigenvalue weighted by atomic mass is 10.1. The van der Waals surface area contributed by atoms with E-state index in [9.17, 15) is 9.18 Å². The van der Waals surface area contributed by atoms with E-state index in [4.69, 9.17) is 0 Å². The molecule has 4 heteroatoms. The van der Waals surface area contributed by atoms with Crippen molar-refractivity contribution in [3.05, 3.63) is 71.0 Å². The average Bonchev–Trinajstić information content (AvgIpc) is 2.59. The molecule has 3 nitrogen and oxygen atoms in total. The summed E-state index contributed by atoms with van der Waals surface area (Å²) in [7, 11) is 0. The van der Waals surface area contributed by atoms with E-state index in [1.54, 1.807) is 6.07 Å². The van der Waals surface area contributed by atoms with Crippen LogP contribution in [0.3, 0.4) is 0 Å². The topological polar surface area (TPSA) is 23.6 Å². The normalized spacial score (nSPS) is 15.5. The fraction of sp³-hybridized carbons (Fsp3) is 0.350. The SMILES string of the molecule is Cc1ccc(CC(=O)N2CCN(Cc3ccccc3F)CC2)cc1. The number of rotatable bonds is 4. The van der Waals surface area contributed by atoms with Crippen LogP contribution < -0.4 is 0 Å². The molecule has 1 heterocycles. The Labute approximate surface area is 142 Å². The van der Waals surface area contributed by atoms with Crippen molar-refractivity contribution in [2.24, 2.45) is 0 Å². The molecule has 0 unspecified atom stereocenters. The Hall–Kier alpha value is -2.20. The highest BCUT2D eigenvalue weighted by Crippen LogP contribution is 2.13. The van der Waals surface area contributed by atoms with Crippen LogP contribution in [-0.2, 0) is 17.8 Å². The first-order valence-electron chi connectivity index (χ1n) is 8.41. The van der Waals surface area contributed by atoms with E-state index < -0.39 is 0 Å². The Balaban J connectivity index is 1.50.